The van der Waals surface area contributed by atoms with Crippen LogP contribution in [-0.2, 0) is 0 Å². The molecule has 0 radical (unpaired) electrons. The SMILES string of the molecule is N/C(=C\NNc1ccccc1)c1ncn(-c2ccccc2)c1N. The average Bonchev–Trinajstić information content (AvgIpc) is 2.98. The van der Waals surface area contributed by atoms with Gasteiger partial charge in [0.25, 0.3) is 0 Å². The Balaban J connectivity index is 1.74. The van der Waals surface area contributed by atoms with Crippen LogP contribution in [0.1, 0.15) is 5.69 Å². The Hall–Kier alpha value is -3.41. The zero-order chi connectivity index (χ0) is 16.1. The molecule has 0 bridgehead atoms. The Morgan fingerprint density at radius 3 is 2.35 bits per heavy atom. The number of nitrogens with one attached hydrogen (secondary N) is 2. The number of anilines is 2. The maximum atomic E-state index is 6.15. The molecule has 3 aromatic rings. The van der Waals surface area contributed by atoms with E-state index in [4.69, 9.17) is 11.5 Å². The van der Waals surface area contributed by atoms with Crippen molar-refractivity contribution in [2.45, 2.75) is 0 Å². The Morgan fingerprint density at radius 1 is 1.00 bits per heavy atom. The van der Waals surface area contributed by atoms with Crippen molar-refractivity contribution in [3.63, 3.8) is 0 Å². The molecule has 1 aromatic heterocycles. The summed E-state index contributed by atoms with van der Waals surface area (Å²) >= 11 is 0. The van der Waals surface area contributed by atoms with Crippen LogP contribution in [-0.4, -0.2) is 9.55 Å². The molecule has 1 heterocycles. The molecule has 3 rings (SSSR count). The van der Waals surface area contributed by atoms with E-state index in [1.54, 1.807) is 17.1 Å². The fourth-order valence-corrected chi connectivity index (χ4v) is 2.16. The van der Waals surface area contributed by atoms with Gasteiger partial charge in [-0.15, -0.1) is 0 Å². The van der Waals surface area contributed by atoms with Gasteiger partial charge in [0, 0.05) is 11.9 Å². The first-order valence-electron chi connectivity index (χ1n) is 7.16. The number of hydrogen-bond acceptors (Lipinski definition) is 5. The van der Waals surface area contributed by atoms with Crippen molar-refractivity contribution in [2.75, 3.05) is 11.2 Å². The number of nitrogens with zero attached hydrogens (tertiary/aromatic N) is 2. The number of imidazole rings is 1. The topological polar surface area (TPSA) is 93.9 Å². The molecule has 6 nitrogen and oxygen atoms in total. The smallest absolute Gasteiger partial charge is 0.137 e. The van der Waals surface area contributed by atoms with Crippen molar-refractivity contribution in [1.29, 1.82) is 0 Å². The van der Waals surface area contributed by atoms with Gasteiger partial charge in [-0.05, 0) is 24.3 Å². The highest BCUT2D eigenvalue weighted by molar-refractivity contribution is 5.69. The Morgan fingerprint density at radius 2 is 1.65 bits per heavy atom. The van der Waals surface area contributed by atoms with Crippen molar-refractivity contribution in [2.24, 2.45) is 5.73 Å². The summed E-state index contributed by atoms with van der Waals surface area (Å²) in [5, 5.41) is 0. The van der Waals surface area contributed by atoms with E-state index in [1.165, 1.54) is 0 Å². The lowest BCUT2D eigenvalue weighted by Crippen LogP contribution is -2.17. The zero-order valence-corrected chi connectivity index (χ0v) is 12.5. The Bertz CT molecular complexity index is 792. The highest BCUT2D eigenvalue weighted by Gasteiger charge is 2.10. The van der Waals surface area contributed by atoms with Crippen molar-refractivity contribution in [3.05, 3.63) is 78.9 Å². The number of aromatic nitrogens is 2. The first kappa shape index (κ1) is 14.5. The van der Waals surface area contributed by atoms with E-state index in [0.29, 0.717) is 17.2 Å². The standard InChI is InChI=1S/C17H18N6/c18-15(11-21-22-13-7-3-1-4-8-13)16-17(19)23(12-20-16)14-9-5-2-6-10-14/h1-12,21-22H,18-19H2/b15-11-. The lowest BCUT2D eigenvalue weighted by molar-refractivity contribution is 1.05. The van der Waals surface area contributed by atoms with Gasteiger partial charge in [0.2, 0.25) is 0 Å². The first-order valence-corrected chi connectivity index (χ1v) is 7.16. The number of hydrazine groups is 1. The van der Waals surface area contributed by atoms with Gasteiger partial charge < -0.3 is 22.3 Å². The van der Waals surface area contributed by atoms with Gasteiger partial charge in [-0.3, -0.25) is 4.57 Å². The van der Waals surface area contributed by atoms with Crippen LogP contribution in [0.2, 0.25) is 0 Å². The third kappa shape index (κ3) is 3.26. The van der Waals surface area contributed by atoms with Gasteiger partial charge >= 0.3 is 0 Å². The third-order valence-electron chi connectivity index (χ3n) is 3.33. The molecular formula is C17H18N6. The molecule has 0 aliphatic carbocycles. The fourth-order valence-electron chi connectivity index (χ4n) is 2.16. The van der Waals surface area contributed by atoms with Gasteiger partial charge in [-0.2, -0.15) is 0 Å². The Kier molecular flexibility index (Phi) is 4.15. The maximum absolute atomic E-state index is 6.15. The van der Waals surface area contributed by atoms with E-state index in [2.05, 4.69) is 15.8 Å². The maximum Gasteiger partial charge on any atom is 0.137 e. The lowest BCUT2D eigenvalue weighted by Gasteiger charge is -2.07. The molecule has 0 aliphatic rings. The van der Waals surface area contributed by atoms with Crippen LogP contribution in [0.4, 0.5) is 11.5 Å². The summed E-state index contributed by atoms with van der Waals surface area (Å²) in [4.78, 5) is 4.29. The molecule has 0 aliphatic heterocycles. The summed E-state index contributed by atoms with van der Waals surface area (Å²) in [6.07, 6.45) is 3.28. The van der Waals surface area contributed by atoms with Crippen molar-refractivity contribution in [1.82, 2.24) is 15.0 Å². The summed E-state index contributed by atoms with van der Waals surface area (Å²) < 4.78 is 1.79. The zero-order valence-electron chi connectivity index (χ0n) is 12.5. The predicted molar refractivity (Wildman–Crippen MR) is 93.3 cm³/mol. The van der Waals surface area contributed by atoms with Gasteiger partial charge in [0.1, 0.15) is 17.8 Å². The van der Waals surface area contributed by atoms with E-state index >= 15 is 0 Å². The highest BCUT2D eigenvalue weighted by atomic mass is 15.3. The second-order valence-corrected chi connectivity index (χ2v) is 4.92. The molecule has 23 heavy (non-hydrogen) atoms. The van der Waals surface area contributed by atoms with Crippen molar-refractivity contribution in [3.8, 4) is 5.69 Å². The van der Waals surface area contributed by atoms with E-state index in [0.717, 1.165) is 11.4 Å². The summed E-state index contributed by atoms with van der Waals surface area (Å²) in [6, 6.07) is 19.5. The lowest BCUT2D eigenvalue weighted by atomic mass is 10.3. The average molecular weight is 306 g/mol. The largest absolute Gasteiger partial charge is 0.396 e. The monoisotopic (exact) mass is 306 g/mol. The number of nitrogen functional groups attached to an aromatic ring is 1. The molecule has 6 heteroatoms. The minimum atomic E-state index is 0.445. The highest BCUT2D eigenvalue weighted by Crippen LogP contribution is 2.20. The van der Waals surface area contributed by atoms with Crippen LogP contribution in [0.3, 0.4) is 0 Å². The van der Waals surface area contributed by atoms with Crippen LogP contribution in [0.25, 0.3) is 11.4 Å². The Labute approximate surface area is 134 Å². The number of hydrogen-bond donors (Lipinski definition) is 4. The molecule has 2 aromatic carbocycles. The number of nitrogens with two attached hydrogens (primary N) is 2. The molecule has 116 valence electrons. The third-order valence-corrected chi connectivity index (χ3v) is 3.33. The van der Waals surface area contributed by atoms with Gasteiger partial charge in [-0.1, -0.05) is 36.4 Å². The molecule has 0 fully saturated rings. The van der Waals surface area contributed by atoms with Gasteiger partial charge in [-0.25, -0.2) is 4.98 Å². The summed E-state index contributed by atoms with van der Waals surface area (Å²) in [5.74, 6) is 0.492. The van der Waals surface area contributed by atoms with E-state index in [-0.39, 0.29) is 0 Å². The molecule has 6 N–H and O–H groups in total. The fraction of sp³-hybridized carbons (Fsp3) is 0. The number of rotatable bonds is 5. The normalized spacial score (nSPS) is 11.2. The minimum absolute atomic E-state index is 0.445. The first-order chi connectivity index (χ1) is 11.3. The molecule has 0 saturated heterocycles. The van der Waals surface area contributed by atoms with Crippen LogP contribution in [0, 0.1) is 0 Å². The second kappa shape index (κ2) is 6.57. The molecule has 0 spiro atoms. The molecule has 0 amide bonds. The molecule has 0 unspecified atom stereocenters. The number of benzene rings is 2. The molecule has 0 atom stereocenters. The van der Waals surface area contributed by atoms with E-state index < -0.39 is 0 Å². The van der Waals surface area contributed by atoms with Gasteiger partial charge in [0.15, 0.2) is 0 Å². The van der Waals surface area contributed by atoms with E-state index in [1.807, 2.05) is 60.7 Å². The van der Waals surface area contributed by atoms with Crippen LogP contribution in [0.15, 0.2) is 73.2 Å². The number of para-hydroxylation sites is 2. The van der Waals surface area contributed by atoms with E-state index in [9.17, 15) is 0 Å². The summed E-state index contributed by atoms with van der Waals surface area (Å²) in [6.45, 7) is 0. The van der Waals surface area contributed by atoms with Crippen molar-refractivity contribution >= 4 is 17.2 Å². The second-order valence-electron chi connectivity index (χ2n) is 4.92. The van der Waals surface area contributed by atoms with Crippen LogP contribution < -0.4 is 22.3 Å². The summed E-state index contributed by atoms with van der Waals surface area (Å²) in [5.41, 5.74) is 21.0. The predicted octanol–water partition coefficient (Wildman–Crippen LogP) is 2.33. The molecular weight excluding hydrogens is 288 g/mol. The quantitative estimate of drug-likeness (QED) is 0.543. The van der Waals surface area contributed by atoms with Gasteiger partial charge in [0.05, 0.1) is 11.4 Å². The van der Waals surface area contributed by atoms with Crippen LogP contribution in [0.5, 0.6) is 0 Å². The molecule has 0 saturated carbocycles. The van der Waals surface area contributed by atoms with Crippen molar-refractivity contribution < 1.29 is 0 Å². The minimum Gasteiger partial charge on any atom is -0.396 e. The van der Waals surface area contributed by atoms with Crippen LogP contribution >= 0.6 is 0 Å². The summed E-state index contributed by atoms with van der Waals surface area (Å²) in [7, 11) is 0.